The number of rotatable bonds is 5. The molecule has 0 aromatic rings. The number of hydrogen-bond donors (Lipinski definition) is 0. The number of ether oxygens (including phenoxy) is 1. The number of hydrogen-bond acceptors (Lipinski definition) is 3. The van der Waals surface area contributed by atoms with E-state index in [0.717, 1.165) is 4.31 Å². The molecular weight excluding hydrogens is 341 g/mol. The van der Waals surface area contributed by atoms with Crippen molar-refractivity contribution < 1.29 is 26.3 Å². The van der Waals surface area contributed by atoms with Crippen molar-refractivity contribution >= 4 is 26.1 Å². The monoisotopic (exact) mass is 354 g/mol. The van der Waals surface area contributed by atoms with E-state index in [-0.39, 0.29) is 38.2 Å². The van der Waals surface area contributed by atoms with Gasteiger partial charge < -0.3 is 4.74 Å². The van der Waals surface area contributed by atoms with Crippen LogP contribution in [0.3, 0.4) is 0 Å². The van der Waals surface area contributed by atoms with E-state index in [1.54, 1.807) is 0 Å². The van der Waals surface area contributed by atoms with Crippen LogP contribution in [0.1, 0.15) is 0 Å². The Labute approximate surface area is 112 Å². The predicted molar refractivity (Wildman–Crippen MR) is 62.7 cm³/mol. The summed E-state index contributed by atoms with van der Waals surface area (Å²) in [6.07, 6.45) is -4.55. The minimum Gasteiger partial charge on any atom is -0.379 e. The Morgan fingerprint density at radius 3 is 2.28 bits per heavy atom. The molecule has 1 aliphatic rings. The molecule has 0 aliphatic carbocycles. The first-order valence-corrected chi connectivity index (χ1v) is 7.75. The van der Waals surface area contributed by atoms with Gasteiger partial charge in [0, 0.05) is 25.0 Å². The van der Waals surface area contributed by atoms with E-state index in [4.69, 9.17) is 4.74 Å². The highest BCUT2D eigenvalue weighted by Gasteiger charge is 2.39. The van der Waals surface area contributed by atoms with Crippen molar-refractivity contribution in [3.05, 3.63) is 0 Å². The van der Waals surface area contributed by atoms with Gasteiger partial charge >= 0.3 is 6.18 Å². The summed E-state index contributed by atoms with van der Waals surface area (Å²) >= 11 is 2.96. The van der Waals surface area contributed by atoms with E-state index in [0.29, 0.717) is 4.31 Å². The highest BCUT2D eigenvalue weighted by Crippen LogP contribution is 2.20. The first-order chi connectivity index (χ1) is 8.27. The van der Waals surface area contributed by atoms with Gasteiger partial charge in [-0.15, -0.1) is 0 Å². The maximum Gasteiger partial charge on any atom is 0.402 e. The fourth-order valence-electron chi connectivity index (χ4n) is 1.51. The largest absolute Gasteiger partial charge is 0.402 e. The van der Waals surface area contributed by atoms with Crippen LogP contribution in [-0.4, -0.2) is 67.9 Å². The lowest BCUT2D eigenvalue weighted by Gasteiger charge is -2.32. The zero-order valence-corrected chi connectivity index (χ0v) is 11.9. The summed E-state index contributed by atoms with van der Waals surface area (Å²) in [4.78, 5) is 0. The molecule has 0 aromatic heterocycles. The maximum absolute atomic E-state index is 12.4. The molecule has 0 unspecified atom stereocenters. The summed E-state index contributed by atoms with van der Waals surface area (Å²) < 4.78 is 67.6. The fourth-order valence-corrected chi connectivity index (χ4v) is 3.74. The Morgan fingerprint density at radius 2 is 1.83 bits per heavy atom. The SMILES string of the molecule is O=S(=O)(N1CCOCC1)N(CCBr)CC(F)(F)F. The van der Waals surface area contributed by atoms with Gasteiger partial charge in [0.25, 0.3) is 10.2 Å². The molecule has 10 heteroatoms. The van der Waals surface area contributed by atoms with Gasteiger partial charge in [-0.2, -0.15) is 30.2 Å². The summed E-state index contributed by atoms with van der Waals surface area (Å²) in [5, 5.41) is 0.145. The molecule has 0 atom stereocenters. The van der Waals surface area contributed by atoms with Crippen LogP contribution in [-0.2, 0) is 14.9 Å². The molecule has 0 bridgehead atoms. The number of alkyl halides is 4. The molecule has 0 radical (unpaired) electrons. The molecule has 1 heterocycles. The van der Waals surface area contributed by atoms with Crippen LogP contribution in [0.5, 0.6) is 0 Å². The van der Waals surface area contributed by atoms with E-state index in [1.807, 2.05) is 0 Å². The fraction of sp³-hybridized carbons (Fsp3) is 1.00. The van der Waals surface area contributed by atoms with Gasteiger partial charge in [-0.05, 0) is 0 Å². The van der Waals surface area contributed by atoms with Crippen molar-refractivity contribution in [2.75, 3.05) is 44.7 Å². The Kier molecular flexibility index (Phi) is 5.84. The topological polar surface area (TPSA) is 49.9 Å². The lowest BCUT2D eigenvalue weighted by molar-refractivity contribution is -0.136. The van der Waals surface area contributed by atoms with Crippen LogP contribution in [0.2, 0.25) is 0 Å². The van der Waals surface area contributed by atoms with Gasteiger partial charge in [0.2, 0.25) is 0 Å². The summed E-state index contributed by atoms with van der Waals surface area (Å²) in [5.41, 5.74) is 0. The van der Waals surface area contributed by atoms with Crippen LogP contribution in [0.25, 0.3) is 0 Å². The predicted octanol–water partition coefficient (Wildman–Crippen LogP) is 0.823. The average molecular weight is 355 g/mol. The first kappa shape index (κ1) is 16.2. The average Bonchev–Trinajstić information content (AvgIpc) is 2.28. The molecular formula is C8H14BrF3N2O3S. The van der Waals surface area contributed by atoms with Gasteiger partial charge in [0.15, 0.2) is 0 Å². The van der Waals surface area contributed by atoms with E-state index in [2.05, 4.69) is 15.9 Å². The number of nitrogens with zero attached hydrogens (tertiary/aromatic N) is 2. The summed E-state index contributed by atoms with van der Waals surface area (Å²) in [6.45, 7) is -1.13. The normalized spacial score (nSPS) is 19.4. The highest BCUT2D eigenvalue weighted by atomic mass is 79.9. The van der Waals surface area contributed by atoms with Crippen LogP contribution in [0, 0.1) is 0 Å². The summed E-state index contributed by atoms with van der Waals surface area (Å²) in [5.74, 6) is 0. The summed E-state index contributed by atoms with van der Waals surface area (Å²) in [7, 11) is -4.08. The van der Waals surface area contributed by atoms with Crippen molar-refractivity contribution in [2.45, 2.75) is 6.18 Å². The second-order valence-corrected chi connectivity index (χ2v) is 6.38. The van der Waals surface area contributed by atoms with Gasteiger partial charge in [-0.3, -0.25) is 0 Å². The molecule has 0 amide bonds. The standard InChI is InChI=1S/C8H14BrF3N2O3S/c9-1-2-14(7-8(10,11)12)18(15,16)13-3-5-17-6-4-13/h1-7H2. The molecule has 5 nitrogen and oxygen atoms in total. The molecule has 1 saturated heterocycles. The molecule has 108 valence electrons. The van der Waals surface area contributed by atoms with Crippen molar-refractivity contribution in [1.82, 2.24) is 8.61 Å². The van der Waals surface area contributed by atoms with Gasteiger partial charge in [0.1, 0.15) is 6.54 Å². The van der Waals surface area contributed by atoms with E-state index >= 15 is 0 Å². The van der Waals surface area contributed by atoms with Gasteiger partial charge in [-0.1, -0.05) is 15.9 Å². The third kappa shape index (κ3) is 4.65. The minimum absolute atomic E-state index is 0.0823. The van der Waals surface area contributed by atoms with Gasteiger partial charge in [0.05, 0.1) is 13.2 Å². The lowest BCUT2D eigenvalue weighted by atomic mass is 10.5. The van der Waals surface area contributed by atoms with Gasteiger partial charge in [-0.25, -0.2) is 0 Å². The Balaban J connectivity index is 2.81. The first-order valence-electron chi connectivity index (χ1n) is 5.23. The van der Waals surface area contributed by atoms with E-state index in [1.165, 1.54) is 0 Å². The summed E-state index contributed by atoms with van der Waals surface area (Å²) in [6, 6.07) is 0. The molecule has 1 aliphatic heterocycles. The molecule has 18 heavy (non-hydrogen) atoms. The molecule has 1 rings (SSSR count). The van der Waals surface area contributed by atoms with Crippen LogP contribution >= 0.6 is 15.9 Å². The zero-order valence-electron chi connectivity index (χ0n) is 9.49. The van der Waals surface area contributed by atoms with E-state index in [9.17, 15) is 21.6 Å². The smallest absolute Gasteiger partial charge is 0.379 e. The van der Waals surface area contributed by atoms with E-state index < -0.39 is 22.9 Å². The second kappa shape index (κ2) is 6.51. The third-order valence-corrected chi connectivity index (χ3v) is 4.65. The number of morpholine rings is 1. The quantitative estimate of drug-likeness (QED) is 0.687. The Morgan fingerprint density at radius 1 is 1.28 bits per heavy atom. The zero-order chi connectivity index (χ0) is 13.8. The van der Waals surface area contributed by atoms with Crippen LogP contribution in [0.15, 0.2) is 0 Å². The number of halogens is 4. The van der Waals surface area contributed by atoms with Crippen LogP contribution < -0.4 is 0 Å². The maximum atomic E-state index is 12.4. The Hall–Kier alpha value is 0.1000. The minimum atomic E-state index is -4.55. The van der Waals surface area contributed by atoms with Crippen LogP contribution in [0.4, 0.5) is 13.2 Å². The Bertz CT molecular complexity index is 357. The van der Waals surface area contributed by atoms with Crippen molar-refractivity contribution in [1.29, 1.82) is 0 Å². The van der Waals surface area contributed by atoms with Crippen molar-refractivity contribution in [2.24, 2.45) is 0 Å². The molecule has 1 fully saturated rings. The molecule has 0 saturated carbocycles. The lowest BCUT2D eigenvalue weighted by Crippen LogP contribution is -2.51. The molecule has 0 N–H and O–H groups in total. The third-order valence-electron chi connectivity index (χ3n) is 2.31. The second-order valence-electron chi connectivity index (χ2n) is 3.66. The van der Waals surface area contributed by atoms with Crippen molar-refractivity contribution in [3.63, 3.8) is 0 Å². The van der Waals surface area contributed by atoms with Crippen molar-refractivity contribution in [3.8, 4) is 0 Å². The molecule has 0 aromatic carbocycles. The molecule has 0 spiro atoms. The highest BCUT2D eigenvalue weighted by molar-refractivity contribution is 9.09.